The number of nitrogen functional groups attached to an aromatic ring is 1. The van der Waals surface area contributed by atoms with Crippen LogP contribution in [0.4, 0.5) is 11.5 Å². The second-order valence-electron chi connectivity index (χ2n) is 4.77. The maximum Gasteiger partial charge on any atom is 0.134 e. The third-order valence-corrected chi connectivity index (χ3v) is 3.48. The Hall–Kier alpha value is -2.75. The van der Waals surface area contributed by atoms with Crippen LogP contribution in [-0.4, -0.2) is 12.1 Å². The summed E-state index contributed by atoms with van der Waals surface area (Å²) in [5.41, 5.74) is 7.85. The van der Waals surface area contributed by atoms with Gasteiger partial charge in [-0.25, -0.2) is 4.98 Å². The number of rotatable bonds is 4. The average molecular weight is 279 g/mol. The number of hydrogen-bond acceptors (Lipinski definition) is 4. The highest BCUT2D eigenvalue weighted by Crippen LogP contribution is 2.26. The molecule has 0 atom stereocenters. The highest BCUT2D eigenvalue weighted by molar-refractivity contribution is 5.99. The van der Waals surface area contributed by atoms with Gasteiger partial charge in [0.2, 0.25) is 0 Å². The zero-order valence-electron chi connectivity index (χ0n) is 11.8. The summed E-state index contributed by atoms with van der Waals surface area (Å²) >= 11 is 0. The molecule has 2 aromatic carbocycles. The summed E-state index contributed by atoms with van der Waals surface area (Å²) in [5.74, 6) is 1.69. The molecule has 1 heterocycles. The molecule has 4 heteroatoms. The highest BCUT2D eigenvalue weighted by Gasteiger charge is 2.06. The van der Waals surface area contributed by atoms with Gasteiger partial charge in [-0.1, -0.05) is 30.3 Å². The summed E-state index contributed by atoms with van der Waals surface area (Å²) in [5, 5.41) is 5.39. The van der Waals surface area contributed by atoms with E-state index in [1.54, 1.807) is 13.3 Å². The standard InChI is InChI=1S/C17H17N3O/c1-21-16-8-3-2-5-12(16)11-20-17-14-6-4-7-15(18)13(14)9-10-19-17/h2-10H,11,18H2,1H3,(H,19,20). The first-order valence-corrected chi connectivity index (χ1v) is 6.78. The summed E-state index contributed by atoms with van der Waals surface area (Å²) in [4.78, 5) is 4.41. The van der Waals surface area contributed by atoms with Gasteiger partial charge < -0.3 is 15.8 Å². The summed E-state index contributed by atoms with van der Waals surface area (Å²) in [7, 11) is 1.68. The molecular formula is C17H17N3O. The van der Waals surface area contributed by atoms with E-state index in [-0.39, 0.29) is 0 Å². The van der Waals surface area contributed by atoms with E-state index in [2.05, 4.69) is 10.3 Å². The molecule has 0 amide bonds. The Balaban J connectivity index is 1.91. The fraction of sp³-hybridized carbons (Fsp3) is 0.118. The zero-order chi connectivity index (χ0) is 14.7. The van der Waals surface area contributed by atoms with Gasteiger partial charge in [0.05, 0.1) is 7.11 Å². The van der Waals surface area contributed by atoms with E-state index in [0.717, 1.165) is 33.6 Å². The quantitative estimate of drug-likeness (QED) is 0.718. The summed E-state index contributed by atoms with van der Waals surface area (Å²) in [6, 6.07) is 15.7. The van der Waals surface area contributed by atoms with Gasteiger partial charge in [0.1, 0.15) is 11.6 Å². The lowest BCUT2D eigenvalue weighted by Crippen LogP contribution is -2.03. The van der Waals surface area contributed by atoms with Crippen LogP contribution in [0.15, 0.2) is 54.7 Å². The molecule has 3 rings (SSSR count). The molecule has 0 aliphatic rings. The summed E-state index contributed by atoms with van der Waals surface area (Å²) < 4.78 is 5.36. The minimum atomic E-state index is 0.644. The molecule has 3 aromatic rings. The van der Waals surface area contributed by atoms with Crippen molar-refractivity contribution < 1.29 is 4.74 Å². The maximum absolute atomic E-state index is 6.00. The van der Waals surface area contributed by atoms with Crippen molar-refractivity contribution in [3.05, 3.63) is 60.3 Å². The first-order valence-electron chi connectivity index (χ1n) is 6.78. The fourth-order valence-corrected chi connectivity index (χ4v) is 2.40. The Morgan fingerprint density at radius 2 is 1.90 bits per heavy atom. The number of ether oxygens (including phenoxy) is 1. The molecule has 0 fully saturated rings. The number of nitrogens with one attached hydrogen (secondary N) is 1. The molecule has 106 valence electrons. The van der Waals surface area contributed by atoms with Gasteiger partial charge in [0, 0.05) is 34.8 Å². The minimum Gasteiger partial charge on any atom is -0.496 e. The zero-order valence-corrected chi connectivity index (χ0v) is 11.8. The van der Waals surface area contributed by atoms with Crippen molar-refractivity contribution in [1.82, 2.24) is 4.98 Å². The second-order valence-corrected chi connectivity index (χ2v) is 4.77. The van der Waals surface area contributed by atoms with E-state index in [0.29, 0.717) is 6.54 Å². The van der Waals surface area contributed by atoms with Crippen molar-refractivity contribution in [3.8, 4) is 5.75 Å². The number of anilines is 2. The van der Waals surface area contributed by atoms with E-state index in [1.165, 1.54) is 0 Å². The number of benzene rings is 2. The van der Waals surface area contributed by atoms with Crippen LogP contribution in [0.3, 0.4) is 0 Å². The van der Waals surface area contributed by atoms with E-state index in [9.17, 15) is 0 Å². The summed E-state index contributed by atoms with van der Waals surface area (Å²) in [6.07, 6.45) is 1.77. The molecule has 0 aliphatic carbocycles. The van der Waals surface area contributed by atoms with Gasteiger partial charge in [0.25, 0.3) is 0 Å². The molecule has 0 radical (unpaired) electrons. The van der Waals surface area contributed by atoms with Crippen LogP contribution < -0.4 is 15.8 Å². The number of hydrogen-bond donors (Lipinski definition) is 2. The number of pyridine rings is 1. The van der Waals surface area contributed by atoms with E-state index in [4.69, 9.17) is 10.5 Å². The smallest absolute Gasteiger partial charge is 0.134 e. The van der Waals surface area contributed by atoms with Crippen LogP contribution in [-0.2, 0) is 6.54 Å². The van der Waals surface area contributed by atoms with Crippen LogP contribution in [0.25, 0.3) is 10.8 Å². The Morgan fingerprint density at radius 3 is 2.76 bits per heavy atom. The number of fused-ring (bicyclic) bond motifs is 1. The number of nitrogens with zero attached hydrogens (tertiary/aromatic N) is 1. The Bertz CT molecular complexity index is 771. The van der Waals surface area contributed by atoms with Crippen molar-refractivity contribution in [2.24, 2.45) is 0 Å². The van der Waals surface area contributed by atoms with E-state index < -0.39 is 0 Å². The van der Waals surface area contributed by atoms with Crippen LogP contribution in [0.2, 0.25) is 0 Å². The number of para-hydroxylation sites is 1. The van der Waals surface area contributed by atoms with Crippen molar-refractivity contribution in [2.45, 2.75) is 6.54 Å². The lowest BCUT2D eigenvalue weighted by molar-refractivity contribution is 0.410. The van der Waals surface area contributed by atoms with Gasteiger partial charge in [0.15, 0.2) is 0 Å². The predicted octanol–water partition coefficient (Wildman–Crippen LogP) is 3.44. The molecule has 0 spiro atoms. The molecule has 0 saturated carbocycles. The van der Waals surface area contributed by atoms with Crippen molar-refractivity contribution >= 4 is 22.3 Å². The number of nitrogens with two attached hydrogens (primary N) is 1. The largest absolute Gasteiger partial charge is 0.496 e. The van der Waals surface area contributed by atoms with Crippen molar-refractivity contribution in [3.63, 3.8) is 0 Å². The predicted molar refractivity (Wildman–Crippen MR) is 86.5 cm³/mol. The highest BCUT2D eigenvalue weighted by atomic mass is 16.5. The van der Waals surface area contributed by atoms with E-state index in [1.807, 2.05) is 48.5 Å². The average Bonchev–Trinajstić information content (AvgIpc) is 2.53. The van der Waals surface area contributed by atoms with Crippen molar-refractivity contribution in [2.75, 3.05) is 18.2 Å². The van der Waals surface area contributed by atoms with Gasteiger partial charge in [-0.05, 0) is 18.2 Å². The molecule has 21 heavy (non-hydrogen) atoms. The van der Waals surface area contributed by atoms with Gasteiger partial charge in [-0.3, -0.25) is 0 Å². The number of aromatic nitrogens is 1. The maximum atomic E-state index is 6.00. The van der Waals surface area contributed by atoms with Crippen molar-refractivity contribution in [1.29, 1.82) is 0 Å². The monoisotopic (exact) mass is 279 g/mol. The van der Waals surface area contributed by atoms with Gasteiger partial charge in [-0.15, -0.1) is 0 Å². The van der Waals surface area contributed by atoms with Gasteiger partial charge in [-0.2, -0.15) is 0 Å². The molecule has 0 bridgehead atoms. The summed E-state index contributed by atoms with van der Waals surface area (Å²) in [6.45, 7) is 0.644. The molecule has 0 aliphatic heterocycles. The Morgan fingerprint density at radius 1 is 1.05 bits per heavy atom. The second kappa shape index (κ2) is 5.71. The van der Waals surface area contributed by atoms with E-state index >= 15 is 0 Å². The Kier molecular flexibility index (Phi) is 3.60. The van der Waals surface area contributed by atoms with Crippen LogP contribution >= 0.6 is 0 Å². The minimum absolute atomic E-state index is 0.644. The molecular weight excluding hydrogens is 262 g/mol. The molecule has 1 aromatic heterocycles. The molecule has 0 saturated heterocycles. The first-order chi connectivity index (χ1) is 10.3. The van der Waals surface area contributed by atoms with Gasteiger partial charge >= 0.3 is 0 Å². The van der Waals surface area contributed by atoms with Crippen LogP contribution in [0.5, 0.6) is 5.75 Å². The lowest BCUT2D eigenvalue weighted by atomic mass is 10.1. The topological polar surface area (TPSA) is 60.2 Å². The van der Waals surface area contributed by atoms with Crippen LogP contribution in [0.1, 0.15) is 5.56 Å². The Labute approximate surface area is 123 Å². The first kappa shape index (κ1) is 13.2. The third kappa shape index (κ3) is 2.60. The lowest BCUT2D eigenvalue weighted by Gasteiger charge is -2.12. The molecule has 3 N–H and O–H groups in total. The SMILES string of the molecule is COc1ccccc1CNc1nccc2c(N)cccc12. The number of methoxy groups -OCH3 is 1. The molecule has 0 unspecified atom stereocenters. The normalized spacial score (nSPS) is 10.5. The third-order valence-electron chi connectivity index (χ3n) is 3.48. The fourth-order valence-electron chi connectivity index (χ4n) is 2.40. The molecule has 4 nitrogen and oxygen atoms in total. The van der Waals surface area contributed by atoms with Crippen LogP contribution in [0, 0.1) is 0 Å².